The molecule has 0 saturated carbocycles. The monoisotopic (exact) mass is 301 g/mol. The lowest BCUT2D eigenvalue weighted by Gasteiger charge is -2.15. The maximum atomic E-state index is 12.4. The summed E-state index contributed by atoms with van der Waals surface area (Å²) in [5.74, 6) is 0. The van der Waals surface area contributed by atoms with Crippen molar-refractivity contribution in [3.63, 3.8) is 0 Å². The number of sulfonamides is 1. The molecule has 1 heterocycles. The fraction of sp³-hybridized carbons (Fsp3) is 0.714. The molecule has 20 heavy (non-hydrogen) atoms. The Morgan fingerprint density at radius 3 is 2.55 bits per heavy atom. The van der Waals surface area contributed by atoms with E-state index in [1.54, 1.807) is 12.3 Å². The Morgan fingerprint density at radius 2 is 2.00 bits per heavy atom. The summed E-state index contributed by atoms with van der Waals surface area (Å²) in [5, 5.41) is 3.21. The van der Waals surface area contributed by atoms with Crippen LogP contribution in [0.1, 0.15) is 45.7 Å². The van der Waals surface area contributed by atoms with Gasteiger partial charge in [-0.2, -0.15) is 0 Å². The fourth-order valence-electron chi connectivity index (χ4n) is 2.14. The molecule has 1 atom stereocenters. The molecular formula is C14H27N3O2S. The van der Waals surface area contributed by atoms with Crippen molar-refractivity contribution >= 4 is 10.0 Å². The van der Waals surface area contributed by atoms with Gasteiger partial charge in [0, 0.05) is 31.5 Å². The Kier molecular flexibility index (Phi) is 6.71. The molecule has 116 valence electrons. The maximum absolute atomic E-state index is 12.4. The topological polar surface area (TPSA) is 63.1 Å². The lowest BCUT2D eigenvalue weighted by Crippen LogP contribution is -2.34. The average molecular weight is 301 g/mol. The predicted molar refractivity (Wildman–Crippen MR) is 82.1 cm³/mol. The number of aromatic nitrogens is 1. The third kappa shape index (κ3) is 4.61. The van der Waals surface area contributed by atoms with Crippen LogP contribution in [0.3, 0.4) is 0 Å². The van der Waals surface area contributed by atoms with Crippen LogP contribution in [0.15, 0.2) is 17.2 Å². The SMILES string of the molecule is CCCC(CC)NS(=O)(=O)c1cc(CNCC)n(C)c1. The van der Waals surface area contributed by atoms with Gasteiger partial charge in [0.25, 0.3) is 0 Å². The first-order valence-electron chi connectivity index (χ1n) is 7.32. The van der Waals surface area contributed by atoms with Crippen LogP contribution >= 0.6 is 0 Å². The fourth-order valence-corrected chi connectivity index (χ4v) is 3.58. The molecule has 0 saturated heterocycles. The van der Waals surface area contributed by atoms with Gasteiger partial charge in [-0.3, -0.25) is 0 Å². The molecule has 0 aromatic carbocycles. The van der Waals surface area contributed by atoms with Crippen molar-refractivity contribution in [2.75, 3.05) is 6.54 Å². The zero-order valence-corrected chi connectivity index (χ0v) is 13.8. The highest BCUT2D eigenvalue weighted by molar-refractivity contribution is 7.89. The molecule has 1 unspecified atom stereocenters. The summed E-state index contributed by atoms with van der Waals surface area (Å²) in [6, 6.07) is 1.76. The van der Waals surface area contributed by atoms with Gasteiger partial charge in [0.1, 0.15) is 0 Å². The maximum Gasteiger partial charge on any atom is 0.242 e. The standard InChI is InChI=1S/C14H27N3O2S/c1-5-8-12(6-2)16-20(18,19)14-9-13(10-15-7-3)17(4)11-14/h9,11-12,15-16H,5-8,10H2,1-4H3. The summed E-state index contributed by atoms with van der Waals surface area (Å²) >= 11 is 0. The third-order valence-electron chi connectivity index (χ3n) is 3.40. The van der Waals surface area contributed by atoms with Gasteiger partial charge in [0.2, 0.25) is 10.0 Å². The molecule has 0 spiro atoms. The van der Waals surface area contributed by atoms with Crippen molar-refractivity contribution in [1.29, 1.82) is 0 Å². The molecule has 0 fully saturated rings. The molecule has 0 amide bonds. The largest absolute Gasteiger partial charge is 0.352 e. The minimum atomic E-state index is -3.42. The van der Waals surface area contributed by atoms with E-state index in [0.29, 0.717) is 11.4 Å². The van der Waals surface area contributed by atoms with Crippen molar-refractivity contribution < 1.29 is 8.42 Å². The van der Waals surface area contributed by atoms with Crippen LogP contribution in [-0.4, -0.2) is 25.6 Å². The highest BCUT2D eigenvalue weighted by Crippen LogP contribution is 2.15. The first kappa shape index (κ1) is 17.2. The van der Waals surface area contributed by atoms with E-state index in [-0.39, 0.29) is 6.04 Å². The van der Waals surface area contributed by atoms with Crippen LogP contribution in [0.5, 0.6) is 0 Å². The Labute approximate surface area is 122 Å². The molecule has 0 bridgehead atoms. The van der Waals surface area contributed by atoms with Crippen molar-refractivity contribution in [3.05, 3.63) is 18.0 Å². The number of nitrogens with zero attached hydrogens (tertiary/aromatic N) is 1. The van der Waals surface area contributed by atoms with Crippen LogP contribution in [-0.2, 0) is 23.6 Å². The van der Waals surface area contributed by atoms with Gasteiger partial charge in [0.05, 0.1) is 4.90 Å². The normalized spacial score (nSPS) is 13.6. The average Bonchev–Trinajstić information content (AvgIpc) is 2.78. The molecule has 0 aliphatic heterocycles. The van der Waals surface area contributed by atoms with Crippen LogP contribution < -0.4 is 10.0 Å². The zero-order chi connectivity index (χ0) is 15.2. The molecule has 6 heteroatoms. The second-order valence-corrected chi connectivity index (χ2v) is 6.79. The minimum Gasteiger partial charge on any atom is -0.352 e. The summed E-state index contributed by atoms with van der Waals surface area (Å²) in [7, 11) is -1.55. The molecule has 0 radical (unpaired) electrons. The van der Waals surface area contributed by atoms with Gasteiger partial charge < -0.3 is 9.88 Å². The summed E-state index contributed by atoms with van der Waals surface area (Å²) in [4.78, 5) is 0.349. The van der Waals surface area contributed by atoms with E-state index in [1.165, 1.54) is 0 Å². The van der Waals surface area contributed by atoms with Gasteiger partial charge in [-0.25, -0.2) is 13.1 Å². The second kappa shape index (κ2) is 7.81. The molecule has 0 aliphatic carbocycles. The van der Waals surface area contributed by atoms with E-state index in [4.69, 9.17) is 0 Å². The van der Waals surface area contributed by atoms with Crippen LogP contribution in [0, 0.1) is 0 Å². The Balaban J connectivity index is 2.86. The second-order valence-electron chi connectivity index (χ2n) is 5.07. The molecule has 1 rings (SSSR count). The van der Waals surface area contributed by atoms with Crippen molar-refractivity contribution in [3.8, 4) is 0 Å². The Hall–Kier alpha value is -0.850. The van der Waals surface area contributed by atoms with E-state index in [2.05, 4.69) is 17.0 Å². The number of rotatable bonds is 9. The molecule has 1 aromatic heterocycles. The van der Waals surface area contributed by atoms with E-state index < -0.39 is 10.0 Å². The quantitative estimate of drug-likeness (QED) is 0.733. The smallest absolute Gasteiger partial charge is 0.242 e. The number of nitrogens with one attached hydrogen (secondary N) is 2. The summed E-state index contributed by atoms with van der Waals surface area (Å²) < 4.78 is 29.4. The summed E-state index contributed by atoms with van der Waals surface area (Å²) in [5.41, 5.74) is 0.968. The van der Waals surface area contributed by atoms with E-state index in [1.807, 2.05) is 25.5 Å². The predicted octanol–water partition coefficient (Wildman–Crippen LogP) is 1.99. The third-order valence-corrected chi connectivity index (χ3v) is 4.89. The van der Waals surface area contributed by atoms with Crippen molar-refractivity contribution in [2.45, 2.75) is 57.5 Å². The summed E-state index contributed by atoms with van der Waals surface area (Å²) in [6.07, 6.45) is 4.33. The zero-order valence-electron chi connectivity index (χ0n) is 12.9. The lowest BCUT2D eigenvalue weighted by molar-refractivity contribution is 0.512. The van der Waals surface area contributed by atoms with Gasteiger partial charge in [0.15, 0.2) is 0 Å². The van der Waals surface area contributed by atoms with Gasteiger partial charge in [-0.05, 0) is 25.5 Å². The van der Waals surface area contributed by atoms with E-state index in [9.17, 15) is 8.42 Å². The van der Waals surface area contributed by atoms with E-state index in [0.717, 1.165) is 31.5 Å². The first-order valence-corrected chi connectivity index (χ1v) is 8.81. The van der Waals surface area contributed by atoms with Crippen LogP contribution in [0.25, 0.3) is 0 Å². The van der Waals surface area contributed by atoms with Gasteiger partial charge in [-0.1, -0.05) is 27.2 Å². The highest BCUT2D eigenvalue weighted by Gasteiger charge is 2.20. The van der Waals surface area contributed by atoms with Gasteiger partial charge >= 0.3 is 0 Å². The molecular weight excluding hydrogens is 274 g/mol. The van der Waals surface area contributed by atoms with Crippen LogP contribution in [0.4, 0.5) is 0 Å². The molecule has 1 aromatic rings. The highest BCUT2D eigenvalue weighted by atomic mass is 32.2. The molecule has 2 N–H and O–H groups in total. The van der Waals surface area contributed by atoms with Gasteiger partial charge in [-0.15, -0.1) is 0 Å². The Bertz CT molecular complexity index is 508. The first-order chi connectivity index (χ1) is 9.44. The lowest BCUT2D eigenvalue weighted by atomic mass is 10.1. The summed E-state index contributed by atoms with van der Waals surface area (Å²) in [6.45, 7) is 7.63. The van der Waals surface area contributed by atoms with E-state index >= 15 is 0 Å². The molecule has 0 aliphatic rings. The number of aryl methyl sites for hydroxylation is 1. The number of hydrogen-bond donors (Lipinski definition) is 2. The minimum absolute atomic E-state index is 0.0161. The number of hydrogen-bond acceptors (Lipinski definition) is 3. The molecule has 5 nitrogen and oxygen atoms in total. The van der Waals surface area contributed by atoms with Crippen molar-refractivity contribution in [1.82, 2.24) is 14.6 Å². The Morgan fingerprint density at radius 1 is 1.30 bits per heavy atom. The van der Waals surface area contributed by atoms with Crippen LogP contribution in [0.2, 0.25) is 0 Å². The van der Waals surface area contributed by atoms with Crippen molar-refractivity contribution in [2.24, 2.45) is 7.05 Å².